The van der Waals surface area contributed by atoms with Gasteiger partial charge in [0.05, 0.1) is 28.3 Å². The molecule has 0 aliphatic carbocycles. The predicted octanol–water partition coefficient (Wildman–Crippen LogP) is 4.42. The lowest BCUT2D eigenvalue weighted by atomic mass is 9.96. The van der Waals surface area contributed by atoms with Crippen LogP contribution in [0.15, 0.2) is 40.6 Å². The van der Waals surface area contributed by atoms with E-state index < -0.39 is 17.6 Å². The number of halogens is 2. The molecule has 1 unspecified atom stereocenters. The molecule has 1 aliphatic heterocycles. The zero-order valence-electron chi connectivity index (χ0n) is 13.3. The van der Waals surface area contributed by atoms with Gasteiger partial charge in [-0.15, -0.1) is 11.8 Å². The van der Waals surface area contributed by atoms with Crippen molar-refractivity contribution in [3.8, 4) is 6.07 Å². The van der Waals surface area contributed by atoms with Crippen molar-refractivity contribution in [2.75, 3.05) is 11.1 Å². The van der Waals surface area contributed by atoms with Crippen molar-refractivity contribution in [3.05, 3.63) is 51.4 Å². The average molecular weight is 366 g/mol. The fourth-order valence-electron chi connectivity index (χ4n) is 2.21. The van der Waals surface area contributed by atoms with E-state index in [1.807, 2.05) is 13.8 Å². The van der Waals surface area contributed by atoms with E-state index in [9.17, 15) is 14.4 Å². The number of allylic oxidation sites excluding steroid dienone is 1. The van der Waals surface area contributed by atoms with Crippen LogP contribution in [0.5, 0.6) is 0 Å². The van der Waals surface area contributed by atoms with Gasteiger partial charge in [0.15, 0.2) is 0 Å². The largest absolute Gasteiger partial charge is 0.353 e. The molecule has 0 fully saturated rings. The Morgan fingerprint density at radius 3 is 2.92 bits per heavy atom. The molecule has 1 aliphatic rings. The lowest BCUT2D eigenvalue weighted by Crippen LogP contribution is -2.29. The van der Waals surface area contributed by atoms with Crippen molar-refractivity contribution in [1.82, 2.24) is 5.32 Å². The molecule has 1 aromatic rings. The highest BCUT2D eigenvalue weighted by Crippen LogP contribution is 2.30. The number of nitrogens with zero attached hydrogens (tertiary/aromatic N) is 1. The molecule has 7 heteroatoms. The Kier molecular flexibility index (Phi) is 6.29. The average Bonchev–Trinajstić information content (AvgIpc) is 2.54. The third-order valence-corrected chi connectivity index (χ3v) is 4.78. The van der Waals surface area contributed by atoms with E-state index >= 15 is 0 Å². The number of hydrogen-bond acceptors (Lipinski definition) is 4. The van der Waals surface area contributed by atoms with E-state index in [1.165, 1.54) is 23.9 Å². The minimum Gasteiger partial charge on any atom is -0.353 e. The second kappa shape index (κ2) is 8.22. The Morgan fingerprint density at radius 2 is 2.29 bits per heavy atom. The molecule has 1 heterocycles. The van der Waals surface area contributed by atoms with Crippen LogP contribution >= 0.6 is 23.4 Å². The van der Waals surface area contributed by atoms with E-state index in [1.54, 1.807) is 6.08 Å². The maximum atomic E-state index is 13.9. The summed E-state index contributed by atoms with van der Waals surface area (Å²) < 4.78 is 13.9. The van der Waals surface area contributed by atoms with Gasteiger partial charge < -0.3 is 10.6 Å². The van der Waals surface area contributed by atoms with Gasteiger partial charge >= 0.3 is 0 Å². The van der Waals surface area contributed by atoms with Crippen LogP contribution in [-0.2, 0) is 4.79 Å². The molecular formula is C17H17ClFN3OS. The molecule has 1 atom stereocenters. The first-order valence-electron chi connectivity index (χ1n) is 7.44. The Hall–Kier alpha value is -1.97. The van der Waals surface area contributed by atoms with Crippen LogP contribution < -0.4 is 10.6 Å². The topological polar surface area (TPSA) is 64.9 Å². The molecule has 0 saturated heterocycles. The van der Waals surface area contributed by atoms with Gasteiger partial charge in [-0.05, 0) is 43.4 Å². The first-order valence-corrected chi connectivity index (χ1v) is 8.81. The van der Waals surface area contributed by atoms with Crippen molar-refractivity contribution >= 4 is 35.0 Å². The van der Waals surface area contributed by atoms with Gasteiger partial charge in [0.1, 0.15) is 5.82 Å². The zero-order chi connectivity index (χ0) is 17.7. The first kappa shape index (κ1) is 18.4. The smallest absolute Gasteiger partial charge is 0.236 e. The molecule has 24 heavy (non-hydrogen) atoms. The summed E-state index contributed by atoms with van der Waals surface area (Å²) in [7, 11) is 0. The van der Waals surface area contributed by atoms with Gasteiger partial charge in [0.2, 0.25) is 5.91 Å². The van der Waals surface area contributed by atoms with Gasteiger partial charge in [-0.25, -0.2) is 4.39 Å². The highest BCUT2D eigenvalue weighted by atomic mass is 35.5. The van der Waals surface area contributed by atoms with Gasteiger partial charge in [-0.1, -0.05) is 18.5 Å². The SMILES string of the molecule is CCCSC1=C(C#N)C(C(=O)Nc2ccc(Cl)cc2F)C=C(C)N1. The summed E-state index contributed by atoms with van der Waals surface area (Å²) in [6.07, 6.45) is 2.61. The van der Waals surface area contributed by atoms with E-state index in [0.29, 0.717) is 10.6 Å². The summed E-state index contributed by atoms with van der Waals surface area (Å²) in [6, 6.07) is 6.12. The lowest BCUT2D eigenvalue weighted by Gasteiger charge is -2.23. The fraction of sp³-hybridized carbons (Fsp3) is 0.294. The number of carbonyl (C=O) groups is 1. The number of nitriles is 1. The molecule has 4 nitrogen and oxygen atoms in total. The van der Waals surface area contributed by atoms with E-state index in [2.05, 4.69) is 16.7 Å². The standard InChI is InChI=1S/C17H17ClFN3OS/c1-3-6-24-17-13(9-20)12(7-10(2)21-17)16(23)22-15-5-4-11(18)8-14(15)19/h4-5,7-8,12,21H,3,6H2,1-2H3,(H,22,23). The molecule has 1 amide bonds. The number of benzene rings is 1. The van der Waals surface area contributed by atoms with E-state index in [0.717, 1.165) is 23.9 Å². The Labute approximate surface area is 149 Å². The Bertz CT molecular complexity index is 755. The van der Waals surface area contributed by atoms with Crippen molar-refractivity contribution in [2.24, 2.45) is 5.92 Å². The molecule has 0 saturated carbocycles. The van der Waals surface area contributed by atoms with Crippen LogP contribution in [0.1, 0.15) is 20.3 Å². The second-order valence-electron chi connectivity index (χ2n) is 5.27. The molecule has 2 rings (SSSR count). The van der Waals surface area contributed by atoms with E-state index in [-0.39, 0.29) is 10.7 Å². The maximum Gasteiger partial charge on any atom is 0.236 e. The summed E-state index contributed by atoms with van der Waals surface area (Å²) in [5.74, 6) is -0.997. The molecular weight excluding hydrogens is 349 g/mol. The lowest BCUT2D eigenvalue weighted by molar-refractivity contribution is -0.117. The Balaban J connectivity index is 2.26. The number of amides is 1. The highest BCUT2D eigenvalue weighted by Gasteiger charge is 2.28. The van der Waals surface area contributed by atoms with Crippen LogP contribution in [0.4, 0.5) is 10.1 Å². The van der Waals surface area contributed by atoms with Crippen LogP contribution in [0.3, 0.4) is 0 Å². The van der Waals surface area contributed by atoms with Gasteiger partial charge in [-0.2, -0.15) is 5.26 Å². The van der Waals surface area contributed by atoms with Gasteiger partial charge in [0, 0.05) is 10.7 Å². The minimum absolute atomic E-state index is 0.0361. The van der Waals surface area contributed by atoms with Crippen molar-refractivity contribution < 1.29 is 9.18 Å². The second-order valence-corrected chi connectivity index (χ2v) is 6.81. The summed E-state index contributed by atoms with van der Waals surface area (Å²) >= 11 is 7.21. The molecule has 0 spiro atoms. The van der Waals surface area contributed by atoms with E-state index in [4.69, 9.17) is 11.6 Å². The summed E-state index contributed by atoms with van der Waals surface area (Å²) in [5.41, 5.74) is 1.16. The maximum absolute atomic E-state index is 13.9. The number of anilines is 1. The van der Waals surface area contributed by atoms with Crippen molar-refractivity contribution in [1.29, 1.82) is 5.26 Å². The number of rotatable bonds is 5. The number of carbonyl (C=O) groups excluding carboxylic acids is 1. The van der Waals surface area contributed by atoms with Crippen molar-refractivity contribution in [3.63, 3.8) is 0 Å². The van der Waals surface area contributed by atoms with Crippen LogP contribution in [0.25, 0.3) is 0 Å². The number of thioether (sulfide) groups is 1. The molecule has 0 aromatic heterocycles. The molecule has 1 aromatic carbocycles. The minimum atomic E-state index is -0.759. The van der Waals surface area contributed by atoms with Crippen molar-refractivity contribution in [2.45, 2.75) is 20.3 Å². The Morgan fingerprint density at radius 1 is 1.54 bits per heavy atom. The first-order chi connectivity index (χ1) is 11.5. The normalized spacial score (nSPS) is 17.0. The fourth-order valence-corrected chi connectivity index (χ4v) is 3.34. The van der Waals surface area contributed by atoms with Crippen LogP contribution in [-0.4, -0.2) is 11.7 Å². The molecule has 2 N–H and O–H groups in total. The van der Waals surface area contributed by atoms with Gasteiger partial charge in [-0.3, -0.25) is 4.79 Å². The number of dihydropyridines is 1. The highest BCUT2D eigenvalue weighted by molar-refractivity contribution is 8.03. The molecule has 0 bridgehead atoms. The van der Waals surface area contributed by atoms with Crippen LogP contribution in [0, 0.1) is 23.1 Å². The number of nitrogens with one attached hydrogen (secondary N) is 2. The number of hydrogen-bond donors (Lipinski definition) is 2. The monoisotopic (exact) mass is 365 g/mol. The molecule has 0 radical (unpaired) electrons. The third kappa shape index (κ3) is 4.31. The summed E-state index contributed by atoms with van der Waals surface area (Å²) in [4.78, 5) is 12.6. The predicted molar refractivity (Wildman–Crippen MR) is 95.8 cm³/mol. The summed E-state index contributed by atoms with van der Waals surface area (Å²) in [6.45, 7) is 3.86. The molecule has 126 valence electrons. The zero-order valence-corrected chi connectivity index (χ0v) is 14.9. The summed E-state index contributed by atoms with van der Waals surface area (Å²) in [5, 5.41) is 16.0. The third-order valence-electron chi connectivity index (χ3n) is 3.33. The van der Waals surface area contributed by atoms with Crippen LogP contribution in [0.2, 0.25) is 5.02 Å². The van der Waals surface area contributed by atoms with Gasteiger partial charge in [0.25, 0.3) is 0 Å². The quantitative estimate of drug-likeness (QED) is 0.810.